The van der Waals surface area contributed by atoms with Crippen molar-refractivity contribution in [2.24, 2.45) is 0 Å². The van der Waals surface area contributed by atoms with Gasteiger partial charge in [0.2, 0.25) is 5.91 Å². The van der Waals surface area contributed by atoms with Crippen LogP contribution in [0, 0.1) is 19.7 Å². The molecule has 24 heavy (non-hydrogen) atoms. The topological polar surface area (TPSA) is 64.0 Å². The number of hydrogen-bond acceptors (Lipinski definition) is 3. The third-order valence-corrected chi connectivity index (χ3v) is 3.81. The Morgan fingerprint density at radius 3 is 2.71 bits per heavy atom. The molecule has 0 aliphatic rings. The van der Waals surface area contributed by atoms with Crippen LogP contribution < -0.4 is 10.9 Å². The van der Waals surface area contributed by atoms with Gasteiger partial charge in [0.15, 0.2) is 0 Å². The monoisotopic (exact) mass is 325 g/mol. The van der Waals surface area contributed by atoms with E-state index in [2.05, 4.69) is 10.3 Å². The summed E-state index contributed by atoms with van der Waals surface area (Å²) in [7, 11) is 0. The van der Waals surface area contributed by atoms with E-state index in [1.54, 1.807) is 50.2 Å². The summed E-state index contributed by atoms with van der Waals surface area (Å²) in [6.45, 7) is 3.13. The molecule has 1 N–H and O–H groups in total. The van der Waals surface area contributed by atoms with Gasteiger partial charge in [-0.3, -0.25) is 14.2 Å². The van der Waals surface area contributed by atoms with Gasteiger partial charge >= 0.3 is 0 Å². The molecule has 0 saturated carbocycles. The highest BCUT2D eigenvalue weighted by molar-refractivity contribution is 5.90. The molecule has 1 aromatic heterocycles. The van der Waals surface area contributed by atoms with Gasteiger partial charge in [-0.25, -0.2) is 9.37 Å². The largest absolute Gasteiger partial charge is 0.324 e. The minimum Gasteiger partial charge on any atom is -0.324 e. The number of aromatic nitrogens is 2. The number of carbonyl (C=O) groups excluding carboxylic acids is 1. The first-order chi connectivity index (χ1) is 11.5. The van der Waals surface area contributed by atoms with Crippen molar-refractivity contribution >= 4 is 22.5 Å². The lowest BCUT2D eigenvalue weighted by molar-refractivity contribution is -0.116. The summed E-state index contributed by atoms with van der Waals surface area (Å²) in [4.78, 5) is 29.1. The summed E-state index contributed by atoms with van der Waals surface area (Å²) in [5, 5.41) is 3.05. The fourth-order valence-corrected chi connectivity index (χ4v) is 2.48. The van der Waals surface area contributed by atoms with Crippen LogP contribution in [-0.4, -0.2) is 15.5 Å². The van der Waals surface area contributed by atoms with Crippen molar-refractivity contribution in [2.45, 2.75) is 20.4 Å². The third kappa shape index (κ3) is 3.03. The van der Waals surface area contributed by atoms with Crippen LogP contribution in [0.2, 0.25) is 0 Å². The first-order valence-electron chi connectivity index (χ1n) is 7.48. The molecule has 0 aliphatic heterocycles. The quantitative estimate of drug-likeness (QED) is 0.805. The van der Waals surface area contributed by atoms with Gasteiger partial charge in [0, 0.05) is 5.69 Å². The minimum absolute atomic E-state index is 0.183. The maximum atomic E-state index is 13.5. The van der Waals surface area contributed by atoms with Crippen LogP contribution in [0.25, 0.3) is 10.9 Å². The molecular weight excluding hydrogens is 309 g/mol. The first kappa shape index (κ1) is 15.9. The Balaban J connectivity index is 1.87. The number of aryl methyl sites for hydroxylation is 2. The van der Waals surface area contributed by atoms with Gasteiger partial charge in [-0.1, -0.05) is 18.2 Å². The summed E-state index contributed by atoms with van der Waals surface area (Å²) in [6, 6.07) is 11.4. The summed E-state index contributed by atoms with van der Waals surface area (Å²) >= 11 is 0. The van der Waals surface area contributed by atoms with Crippen molar-refractivity contribution in [1.29, 1.82) is 0 Å². The fraction of sp³-hybridized carbons (Fsp3) is 0.167. The number of rotatable bonds is 3. The minimum atomic E-state index is -0.416. The normalized spacial score (nSPS) is 10.8. The number of halogens is 1. The summed E-state index contributed by atoms with van der Waals surface area (Å²) < 4.78 is 14.9. The van der Waals surface area contributed by atoms with Crippen molar-refractivity contribution < 1.29 is 9.18 Å². The second kappa shape index (κ2) is 6.23. The SMILES string of the molecule is Cc1ccc(NC(=O)Cn2c(C)nc3ccccc3c2=O)cc1F. The van der Waals surface area contributed by atoms with Crippen LogP contribution in [0.5, 0.6) is 0 Å². The highest BCUT2D eigenvalue weighted by Crippen LogP contribution is 2.14. The highest BCUT2D eigenvalue weighted by atomic mass is 19.1. The lowest BCUT2D eigenvalue weighted by Gasteiger charge is -2.11. The zero-order chi connectivity index (χ0) is 17.3. The Morgan fingerprint density at radius 1 is 1.21 bits per heavy atom. The maximum Gasteiger partial charge on any atom is 0.261 e. The molecule has 2 aromatic carbocycles. The van der Waals surface area contributed by atoms with Gasteiger partial charge in [-0.05, 0) is 43.7 Å². The first-order valence-corrected chi connectivity index (χ1v) is 7.48. The number of hydrogen-bond donors (Lipinski definition) is 1. The number of benzene rings is 2. The van der Waals surface area contributed by atoms with E-state index in [0.29, 0.717) is 28.0 Å². The number of para-hydroxylation sites is 1. The standard InChI is InChI=1S/C18H16FN3O2/c1-11-7-8-13(9-15(11)19)21-17(23)10-22-12(2)20-16-6-4-3-5-14(16)18(22)24/h3-9H,10H2,1-2H3,(H,21,23). The number of carbonyl (C=O) groups is 1. The van der Waals surface area contributed by atoms with E-state index in [4.69, 9.17) is 0 Å². The highest BCUT2D eigenvalue weighted by Gasteiger charge is 2.12. The number of amides is 1. The molecule has 0 atom stereocenters. The van der Waals surface area contributed by atoms with E-state index in [1.807, 2.05) is 0 Å². The van der Waals surface area contributed by atoms with Crippen LogP contribution in [0.3, 0.4) is 0 Å². The Labute approximate surface area is 137 Å². The molecule has 0 unspecified atom stereocenters. The zero-order valence-electron chi connectivity index (χ0n) is 13.3. The molecule has 0 radical (unpaired) electrons. The van der Waals surface area contributed by atoms with Crippen molar-refractivity contribution in [3.63, 3.8) is 0 Å². The molecule has 3 aromatic rings. The van der Waals surface area contributed by atoms with E-state index >= 15 is 0 Å². The number of anilines is 1. The lowest BCUT2D eigenvalue weighted by Crippen LogP contribution is -2.30. The Kier molecular flexibility index (Phi) is 4.12. The van der Waals surface area contributed by atoms with Gasteiger partial charge < -0.3 is 5.32 Å². The van der Waals surface area contributed by atoms with E-state index in [9.17, 15) is 14.0 Å². The predicted octanol–water partition coefficient (Wildman–Crippen LogP) is 2.79. The van der Waals surface area contributed by atoms with E-state index in [1.165, 1.54) is 10.6 Å². The number of nitrogens with zero attached hydrogens (tertiary/aromatic N) is 2. The van der Waals surface area contributed by atoms with Gasteiger partial charge in [0.25, 0.3) is 5.56 Å². The van der Waals surface area contributed by atoms with Crippen molar-refractivity contribution in [3.05, 3.63) is 70.0 Å². The molecule has 0 bridgehead atoms. The van der Waals surface area contributed by atoms with Crippen LogP contribution in [0.1, 0.15) is 11.4 Å². The van der Waals surface area contributed by atoms with Crippen molar-refractivity contribution in [2.75, 3.05) is 5.32 Å². The summed E-state index contributed by atoms with van der Waals surface area (Å²) in [6.07, 6.45) is 0. The molecular formula is C18H16FN3O2. The Bertz CT molecular complexity index is 995. The average Bonchev–Trinajstić information content (AvgIpc) is 2.55. The van der Waals surface area contributed by atoms with Crippen molar-refractivity contribution in [3.8, 4) is 0 Å². The summed E-state index contributed by atoms with van der Waals surface area (Å²) in [5.74, 6) is -0.363. The molecule has 1 heterocycles. The molecule has 1 amide bonds. The maximum absolute atomic E-state index is 13.5. The van der Waals surface area contributed by atoms with Crippen molar-refractivity contribution in [1.82, 2.24) is 9.55 Å². The molecule has 6 heteroatoms. The molecule has 0 fully saturated rings. The van der Waals surface area contributed by atoms with E-state index in [0.717, 1.165) is 0 Å². The number of nitrogens with one attached hydrogen (secondary N) is 1. The fourth-order valence-electron chi connectivity index (χ4n) is 2.48. The zero-order valence-corrected chi connectivity index (χ0v) is 13.3. The van der Waals surface area contributed by atoms with Gasteiger partial charge in [-0.2, -0.15) is 0 Å². The molecule has 0 saturated heterocycles. The Morgan fingerprint density at radius 2 is 1.96 bits per heavy atom. The molecule has 0 spiro atoms. The van der Waals surface area contributed by atoms with E-state index in [-0.39, 0.29) is 12.1 Å². The van der Waals surface area contributed by atoms with Crippen LogP contribution in [0.15, 0.2) is 47.3 Å². The van der Waals surface area contributed by atoms with Crippen LogP contribution in [-0.2, 0) is 11.3 Å². The van der Waals surface area contributed by atoms with Gasteiger partial charge in [-0.15, -0.1) is 0 Å². The second-order valence-corrected chi connectivity index (χ2v) is 5.58. The molecule has 3 rings (SSSR count). The second-order valence-electron chi connectivity index (χ2n) is 5.58. The molecule has 0 aliphatic carbocycles. The Hall–Kier alpha value is -3.02. The number of fused-ring (bicyclic) bond motifs is 1. The van der Waals surface area contributed by atoms with Crippen LogP contribution >= 0.6 is 0 Å². The van der Waals surface area contributed by atoms with Crippen LogP contribution in [0.4, 0.5) is 10.1 Å². The average molecular weight is 325 g/mol. The third-order valence-electron chi connectivity index (χ3n) is 3.81. The molecule has 122 valence electrons. The molecule has 5 nitrogen and oxygen atoms in total. The summed E-state index contributed by atoms with van der Waals surface area (Å²) in [5.41, 5.74) is 1.17. The smallest absolute Gasteiger partial charge is 0.261 e. The van der Waals surface area contributed by atoms with Gasteiger partial charge in [0.1, 0.15) is 18.2 Å². The predicted molar refractivity (Wildman–Crippen MR) is 90.5 cm³/mol. The lowest BCUT2D eigenvalue weighted by atomic mass is 10.2. The van der Waals surface area contributed by atoms with E-state index < -0.39 is 11.7 Å². The van der Waals surface area contributed by atoms with Gasteiger partial charge in [0.05, 0.1) is 10.9 Å².